The highest BCUT2D eigenvalue weighted by molar-refractivity contribution is 5.69. The van der Waals surface area contributed by atoms with Gasteiger partial charge in [-0.2, -0.15) is 0 Å². The Morgan fingerprint density at radius 2 is 1.11 bits per heavy atom. The zero-order valence-corrected chi connectivity index (χ0v) is 18.9. The van der Waals surface area contributed by atoms with Crippen LogP contribution >= 0.6 is 0 Å². The number of carbonyl (C=O) groups is 2. The first-order chi connectivity index (χ1) is 13.6. The summed E-state index contributed by atoms with van der Waals surface area (Å²) in [5.74, 6) is 0.159. The van der Waals surface area contributed by atoms with Crippen LogP contribution in [-0.4, -0.2) is 25.2 Å². The van der Waals surface area contributed by atoms with E-state index in [1.807, 2.05) is 0 Å². The second-order valence-electron chi connectivity index (χ2n) is 8.19. The highest BCUT2D eigenvalue weighted by atomic mass is 16.5. The van der Waals surface area contributed by atoms with E-state index >= 15 is 0 Å². The Morgan fingerprint density at radius 3 is 1.64 bits per heavy atom. The number of carbonyl (C=O) groups excluding carboxylic acids is 2. The Morgan fingerprint density at radius 1 is 0.643 bits per heavy atom. The normalized spacial score (nSPS) is 12.0. The first kappa shape index (κ1) is 26.9. The molecule has 0 saturated carbocycles. The summed E-state index contributed by atoms with van der Waals surface area (Å²) in [7, 11) is 0. The maximum atomic E-state index is 11.7. The third-order valence-electron chi connectivity index (χ3n) is 5.10. The van der Waals surface area contributed by atoms with Crippen molar-refractivity contribution < 1.29 is 19.1 Å². The molecule has 4 heteroatoms. The molecule has 0 aromatic heterocycles. The number of ether oxygens (including phenoxy) is 2. The molecule has 1 unspecified atom stereocenters. The quantitative estimate of drug-likeness (QED) is 0.164. The second-order valence-corrected chi connectivity index (χ2v) is 8.19. The van der Waals surface area contributed by atoms with Crippen LogP contribution in [0.2, 0.25) is 0 Å². The molecule has 0 aliphatic carbocycles. The van der Waals surface area contributed by atoms with Crippen LogP contribution in [0.1, 0.15) is 124 Å². The van der Waals surface area contributed by atoms with Crippen LogP contribution in [0.5, 0.6) is 0 Å². The van der Waals surface area contributed by atoms with Crippen molar-refractivity contribution in [1.29, 1.82) is 0 Å². The lowest BCUT2D eigenvalue weighted by molar-refractivity contribution is -0.145. The van der Waals surface area contributed by atoms with Crippen molar-refractivity contribution in [3.8, 4) is 0 Å². The first-order valence-corrected chi connectivity index (χ1v) is 11.9. The molecule has 0 fully saturated rings. The van der Waals surface area contributed by atoms with Crippen LogP contribution < -0.4 is 0 Å². The molecule has 0 amide bonds. The van der Waals surface area contributed by atoms with Crippen LogP contribution in [0.25, 0.3) is 0 Å². The number of hydrogen-bond donors (Lipinski definition) is 0. The van der Waals surface area contributed by atoms with Crippen molar-refractivity contribution in [2.75, 3.05) is 13.2 Å². The van der Waals surface area contributed by atoms with Gasteiger partial charge in [0.2, 0.25) is 0 Å². The van der Waals surface area contributed by atoms with Gasteiger partial charge in [0, 0.05) is 12.8 Å². The molecule has 0 rings (SSSR count). The van der Waals surface area contributed by atoms with Gasteiger partial charge in [-0.25, -0.2) is 0 Å². The molecular weight excluding hydrogens is 352 g/mol. The average Bonchev–Trinajstić information content (AvgIpc) is 2.69. The predicted molar refractivity (Wildman–Crippen MR) is 116 cm³/mol. The zero-order valence-electron chi connectivity index (χ0n) is 18.9. The molecular formula is C24H46O4. The summed E-state index contributed by atoms with van der Waals surface area (Å²) in [5.41, 5.74) is 0. The lowest BCUT2D eigenvalue weighted by Crippen LogP contribution is -2.13. The number of unbranched alkanes of at least 4 members (excludes halogenated alkanes) is 10. The van der Waals surface area contributed by atoms with Gasteiger partial charge in [-0.1, -0.05) is 85.0 Å². The van der Waals surface area contributed by atoms with E-state index in [1.165, 1.54) is 51.4 Å². The Balaban J connectivity index is 3.45. The summed E-state index contributed by atoms with van der Waals surface area (Å²) in [6.07, 6.45) is 17.0. The van der Waals surface area contributed by atoms with E-state index in [1.54, 1.807) is 0 Å². The monoisotopic (exact) mass is 398 g/mol. The van der Waals surface area contributed by atoms with Crippen molar-refractivity contribution in [2.45, 2.75) is 124 Å². The topological polar surface area (TPSA) is 52.6 Å². The summed E-state index contributed by atoms with van der Waals surface area (Å²) < 4.78 is 10.6. The molecule has 0 aliphatic heterocycles. The molecule has 0 aromatic rings. The van der Waals surface area contributed by atoms with Crippen molar-refractivity contribution in [3.05, 3.63) is 0 Å². The molecule has 0 aromatic carbocycles. The van der Waals surface area contributed by atoms with Gasteiger partial charge < -0.3 is 9.47 Å². The molecule has 0 aliphatic rings. The largest absolute Gasteiger partial charge is 0.466 e. The highest BCUT2D eigenvalue weighted by Crippen LogP contribution is 2.11. The van der Waals surface area contributed by atoms with Gasteiger partial charge >= 0.3 is 11.9 Å². The van der Waals surface area contributed by atoms with Gasteiger partial charge in [0.05, 0.1) is 13.2 Å². The summed E-state index contributed by atoms with van der Waals surface area (Å²) in [6.45, 7) is 7.44. The molecule has 0 spiro atoms. The summed E-state index contributed by atoms with van der Waals surface area (Å²) in [4.78, 5) is 23.4. The van der Waals surface area contributed by atoms with Crippen LogP contribution in [0.15, 0.2) is 0 Å². The molecule has 166 valence electrons. The molecule has 0 saturated heterocycles. The zero-order chi connectivity index (χ0) is 20.9. The minimum atomic E-state index is -0.0762. The predicted octanol–water partition coefficient (Wildman–Crippen LogP) is 6.99. The lowest BCUT2D eigenvalue weighted by atomic mass is 10.1. The molecule has 28 heavy (non-hydrogen) atoms. The molecule has 0 bridgehead atoms. The average molecular weight is 399 g/mol. The summed E-state index contributed by atoms with van der Waals surface area (Å²) >= 11 is 0. The fraction of sp³-hybridized carbons (Fsp3) is 0.917. The molecule has 0 N–H and O–H groups in total. The van der Waals surface area contributed by atoms with Crippen LogP contribution in [0, 0.1) is 5.92 Å². The van der Waals surface area contributed by atoms with E-state index in [2.05, 4.69) is 20.8 Å². The van der Waals surface area contributed by atoms with Gasteiger partial charge in [-0.05, 0) is 31.6 Å². The van der Waals surface area contributed by atoms with E-state index in [9.17, 15) is 9.59 Å². The van der Waals surface area contributed by atoms with Gasteiger partial charge in [0.15, 0.2) is 0 Å². The standard InChI is InChI=1S/C24H46O4/c1-4-6-8-10-12-14-18-23(25)27-20-16-17-22(3)21-28-24(26)19-15-13-11-9-7-5-2/h22H,4-21H2,1-3H3. The van der Waals surface area contributed by atoms with Gasteiger partial charge in [0.1, 0.15) is 0 Å². The second kappa shape index (κ2) is 20.7. The maximum Gasteiger partial charge on any atom is 0.305 e. The van der Waals surface area contributed by atoms with Crippen LogP contribution in [0.3, 0.4) is 0 Å². The van der Waals surface area contributed by atoms with E-state index in [-0.39, 0.29) is 11.9 Å². The molecule has 4 nitrogen and oxygen atoms in total. The van der Waals surface area contributed by atoms with Gasteiger partial charge in [0.25, 0.3) is 0 Å². The fourth-order valence-corrected chi connectivity index (χ4v) is 3.18. The molecule has 1 atom stereocenters. The highest BCUT2D eigenvalue weighted by Gasteiger charge is 2.08. The Bertz CT molecular complexity index is 368. The third kappa shape index (κ3) is 19.7. The summed E-state index contributed by atoms with van der Waals surface area (Å²) in [5, 5.41) is 0. The van der Waals surface area contributed by atoms with E-state index in [4.69, 9.17) is 9.47 Å². The van der Waals surface area contributed by atoms with Crippen molar-refractivity contribution in [1.82, 2.24) is 0 Å². The van der Waals surface area contributed by atoms with Crippen molar-refractivity contribution in [3.63, 3.8) is 0 Å². The van der Waals surface area contributed by atoms with Gasteiger partial charge in [-0.3, -0.25) is 9.59 Å². The SMILES string of the molecule is CCCCCCCCC(=O)OCCCC(C)COC(=O)CCCCCCCC. The fourth-order valence-electron chi connectivity index (χ4n) is 3.18. The Hall–Kier alpha value is -1.06. The molecule has 0 heterocycles. The number of esters is 2. The van der Waals surface area contributed by atoms with E-state index in [0.717, 1.165) is 38.5 Å². The van der Waals surface area contributed by atoms with E-state index < -0.39 is 0 Å². The van der Waals surface area contributed by atoms with Gasteiger partial charge in [-0.15, -0.1) is 0 Å². The van der Waals surface area contributed by atoms with Crippen molar-refractivity contribution in [2.24, 2.45) is 5.92 Å². The number of hydrogen-bond acceptors (Lipinski definition) is 4. The number of rotatable bonds is 20. The summed E-state index contributed by atoms with van der Waals surface area (Å²) in [6, 6.07) is 0. The first-order valence-electron chi connectivity index (χ1n) is 11.9. The van der Waals surface area contributed by atoms with Crippen LogP contribution in [0.4, 0.5) is 0 Å². The lowest BCUT2D eigenvalue weighted by Gasteiger charge is -2.12. The van der Waals surface area contributed by atoms with Crippen LogP contribution in [-0.2, 0) is 19.1 Å². The smallest absolute Gasteiger partial charge is 0.305 e. The third-order valence-corrected chi connectivity index (χ3v) is 5.10. The molecule has 0 radical (unpaired) electrons. The minimum Gasteiger partial charge on any atom is -0.466 e. The van der Waals surface area contributed by atoms with Crippen molar-refractivity contribution >= 4 is 11.9 Å². The van der Waals surface area contributed by atoms with E-state index in [0.29, 0.717) is 32.0 Å². The Labute approximate surface area is 174 Å². The maximum absolute atomic E-state index is 11.7. The Kier molecular flexibility index (Phi) is 19.9. The minimum absolute atomic E-state index is 0.0755.